The number of hydrogen-bond donors (Lipinski definition) is 1. The van der Waals surface area contributed by atoms with Gasteiger partial charge in [0.05, 0.1) is 0 Å². The van der Waals surface area contributed by atoms with Crippen molar-refractivity contribution in [2.24, 2.45) is 0 Å². The lowest BCUT2D eigenvalue weighted by Gasteiger charge is -1.97. The highest BCUT2D eigenvalue weighted by molar-refractivity contribution is 5.27. The largest absolute Gasteiger partial charge is 0.508 e. The molecule has 0 aliphatic heterocycles. The van der Waals surface area contributed by atoms with Crippen LogP contribution in [0, 0.1) is 11.8 Å². The molecular weight excluding hydrogens is 160 g/mol. The Labute approximate surface area is 79.4 Å². The fraction of sp³-hybridized carbons (Fsp3) is 0.333. The zero-order valence-corrected chi connectivity index (χ0v) is 7.88. The second-order valence-electron chi connectivity index (χ2n) is 2.88. The van der Waals surface area contributed by atoms with Gasteiger partial charge < -0.3 is 5.11 Å². The van der Waals surface area contributed by atoms with Gasteiger partial charge in [0.1, 0.15) is 5.75 Å². The van der Waals surface area contributed by atoms with Gasteiger partial charge in [0.2, 0.25) is 0 Å². The molecule has 1 aromatic carbocycles. The molecule has 0 radical (unpaired) electrons. The summed E-state index contributed by atoms with van der Waals surface area (Å²) < 4.78 is 0. The summed E-state index contributed by atoms with van der Waals surface area (Å²) in [6.45, 7) is 2.04. The zero-order chi connectivity index (χ0) is 9.52. The van der Waals surface area contributed by atoms with Crippen molar-refractivity contribution >= 4 is 0 Å². The van der Waals surface area contributed by atoms with Gasteiger partial charge in [0, 0.05) is 12.8 Å². The lowest BCUT2D eigenvalue weighted by molar-refractivity contribution is 0.474. The van der Waals surface area contributed by atoms with E-state index in [1.54, 1.807) is 12.1 Å². The van der Waals surface area contributed by atoms with Gasteiger partial charge in [0.15, 0.2) is 0 Å². The number of benzene rings is 1. The molecule has 0 bridgehead atoms. The maximum absolute atomic E-state index is 9.18. The minimum atomic E-state index is 0.334. The highest BCUT2D eigenvalue weighted by Crippen LogP contribution is 2.11. The lowest BCUT2D eigenvalue weighted by Crippen LogP contribution is -1.82. The van der Waals surface area contributed by atoms with Crippen LogP contribution in [0.4, 0.5) is 0 Å². The van der Waals surface area contributed by atoms with Crippen LogP contribution >= 0.6 is 0 Å². The highest BCUT2D eigenvalue weighted by Gasteiger charge is 1.92. The third-order valence-electron chi connectivity index (χ3n) is 1.75. The number of hydrogen-bond acceptors (Lipinski definition) is 1. The second-order valence-corrected chi connectivity index (χ2v) is 2.88. The first-order valence-corrected chi connectivity index (χ1v) is 4.56. The first-order chi connectivity index (χ1) is 6.33. The van der Waals surface area contributed by atoms with Gasteiger partial charge in [-0.2, -0.15) is 0 Å². The first kappa shape index (κ1) is 9.67. The topological polar surface area (TPSA) is 20.2 Å². The maximum atomic E-state index is 9.18. The quantitative estimate of drug-likeness (QED) is 0.683. The van der Waals surface area contributed by atoms with Crippen LogP contribution in [-0.4, -0.2) is 5.11 Å². The van der Waals surface area contributed by atoms with Gasteiger partial charge in [-0.15, -0.1) is 11.8 Å². The molecular formula is C12H14O. The molecule has 0 aliphatic rings. The van der Waals surface area contributed by atoms with Crippen LogP contribution in [0.3, 0.4) is 0 Å². The van der Waals surface area contributed by atoms with Gasteiger partial charge in [-0.1, -0.05) is 19.1 Å². The molecule has 1 aromatic rings. The molecule has 0 saturated carbocycles. The molecule has 0 aromatic heterocycles. The molecule has 0 fully saturated rings. The molecule has 1 heteroatoms. The van der Waals surface area contributed by atoms with E-state index in [-0.39, 0.29) is 0 Å². The number of phenolic OH excluding ortho intramolecular Hbond substituents is 1. The fourth-order valence-electron chi connectivity index (χ4n) is 1.13. The van der Waals surface area contributed by atoms with Crippen molar-refractivity contribution in [2.75, 3.05) is 0 Å². The van der Waals surface area contributed by atoms with Crippen molar-refractivity contribution < 1.29 is 5.11 Å². The Hall–Kier alpha value is -1.42. The van der Waals surface area contributed by atoms with Crippen molar-refractivity contribution in [3.05, 3.63) is 29.8 Å². The van der Waals surface area contributed by atoms with E-state index in [1.807, 2.05) is 19.1 Å². The van der Waals surface area contributed by atoms with Crippen LogP contribution in [0.5, 0.6) is 5.75 Å². The molecule has 0 spiro atoms. The summed E-state index contributed by atoms with van der Waals surface area (Å²) in [6, 6.07) is 7.33. The summed E-state index contributed by atoms with van der Waals surface area (Å²) in [7, 11) is 0. The van der Waals surface area contributed by atoms with Gasteiger partial charge in [-0.25, -0.2) is 0 Å². The molecule has 0 heterocycles. The Morgan fingerprint density at radius 3 is 2.85 bits per heavy atom. The summed E-state index contributed by atoms with van der Waals surface area (Å²) >= 11 is 0. The van der Waals surface area contributed by atoms with E-state index in [9.17, 15) is 5.11 Å². The summed E-state index contributed by atoms with van der Waals surface area (Å²) in [5.41, 5.74) is 1.14. The van der Waals surface area contributed by atoms with Gasteiger partial charge in [-0.3, -0.25) is 0 Å². The molecule has 1 N–H and O–H groups in total. The Morgan fingerprint density at radius 1 is 1.31 bits per heavy atom. The SMILES string of the molecule is CCC#CCCc1cccc(O)c1. The van der Waals surface area contributed by atoms with Crippen molar-refractivity contribution in [3.8, 4) is 17.6 Å². The summed E-state index contributed by atoms with van der Waals surface area (Å²) in [6.07, 6.45) is 2.71. The smallest absolute Gasteiger partial charge is 0.115 e. The molecule has 0 amide bonds. The second kappa shape index (κ2) is 5.27. The van der Waals surface area contributed by atoms with E-state index in [0.29, 0.717) is 5.75 Å². The monoisotopic (exact) mass is 174 g/mol. The minimum Gasteiger partial charge on any atom is -0.508 e. The molecule has 68 valence electrons. The molecule has 0 atom stereocenters. The molecule has 1 rings (SSSR count). The van der Waals surface area contributed by atoms with E-state index in [1.165, 1.54) is 0 Å². The maximum Gasteiger partial charge on any atom is 0.115 e. The zero-order valence-electron chi connectivity index (χ0n) is 7.88. The van der Waals surface area contributed by atoms with Crippen LogP contribution in [0.2, 0.25) is 0 Å². The lowest BCUT2D eigenvalue weighted by atomic mass is 10.1. The Morgan fingerprint density at radius 2 is 2.15 bits per heavy atom. The van der Waals surface area contributed by atoms with E-state index in [4.69, 9.17) is 0 Å². The standard InChI is InChI=1S/C12H14O/c1-2-3-4-5-7-11-8-6-9-12(13)10-11/h6,8-10,13H,2,5,7H2,1H3. The summed E-state index contributed by atoms with van der Waals surface area (Å²) in [5, 5.41) is 9.18. The van der Waals surface area contributed by atoms with Crippen molar-refractivity contribution in [1.29, 1.82) is 0 Å². The number of aryl methyl sites for hydroxylation is 1. The average Bonchev–Trinajstić information content (AvgIpc) is 2.13. The van der Waals surface area contributed by atoms with Crippen LogP contribution in [-0.2, 0) is 6.42 Å². The molecule has 1 nitrogen and oxygen atoms in total. The van der Waals surface area contributed by atoms with Crippen molar-refractivity contribution in [1.82, 2.24) is 0 Å². The van der Waals surface area contributed by atoms with E-state index in [0.717, 1.165) is 24.8 Å². The van der Waals surface area contributed by atoms with Crippen LogP contribution in [0.25, 0.3) is 0 Å². The van der Waals surface area contributed by atoms with Crippen LogP contribution in [0.15, 0.2) is 24.3 Å². The van der Waals surface area contributed by atoms with Crippen molar-refractivity contribution in [3.63, 3.8) is 0 Å². The van der Waals surface area contributed by atoms with E-state index in [2.05, 4.69) is 11.8 Å². The third-order valence-corrected chi connectivity index (χ3v) is 1.75. The van der Waals surface area contributed by atoms with Crippen molar-refractivity contribution in [2.45, 2.75) is 26.2 Å². The Kier molecular flexibility index (Phi) is 3.92. The van der Waals surface area contributed by atoms with E-state index < -0.39 is 0 Å². The normalized spacial score (nSPS) is 9.00. The van der Waals surface area contributed by atoms with Gasteiger partial charge >= 0.3 is 0 Å². The van der Waals surface area contributed by atoms with E-state index >= 15 is 0 Å². The van der Waals surface area contributed by atoms with Gasteiger partial charge in [-0.05, 0) is 24.1 Å². The molecule has 13 heavy (non-hydrogen) atoms. The fourth-order valence-corrected chi connectivity index (χ4v) is 1.13. The van der Waals surface area contributed by atoms with Crippen LogP contribution in [0.1, 0.15) is 25.3 Å². The summed E-state index contributed by atoms with van der Waals surface area (Å²) in [4.78, 5) is 0. The minimum absolute atomic E-state index is 0.334. The predicted octanol–water partition coefficient (Wildman–Crippen LogP) is 2.74. The predicted molar refractivity (Wildman–Crippen MR) is 54.5 cm³/mol. The summed E-state index contributed by atoms with van der Waals surface area (Å²) in [5.74, 6) is 6.43. The number of rotatable bonds is 2. The third kappa shape index (κ3) is 3.66. The molecule has 0 unspecified atom stereocenters. The van der Waals surface area contributed by atoms with Crippen LogP contribution < -0.4 is 0 Å². The number of phenols is 1. The first-order valence-electron chi connectivity index (χ1n) is 4.56. The molecule has 0 aliphatic carbocycles. The Bertz CT molecular complexity index is 317. The Balaban J connectivity index is 2.45. The molecule has 0 saturated heterocycles. The average molecular weight is 174 g/mol. The number of aromatic hydroxyl groups is 1. The highest BCUT2D eigenvalue weighted by atomic mass is 16.3. The van der Waals surface area contributed by atoms with Gasteiger partial charge in [0.25, 0.3) is 0 Å².